The van der Waals surface area contributed by atoms with Gasteiger partial charge < -0.3 is 0 Å². The van der Waals surface area contributed by atoms with E-state index in [9.17, 15) is 8.42 Å². The quantitative estimate of drug-likeness (QED) is 0.819. The highest BCUT2D eigenvalue weighted by Gasteiger charge is 2.27. The van der Waals surface area contributed by atoms with Crippen molar-refractivity contribution in [3.63, 3.8) is 0 Å². The summed E-state index contributed by atoms with van der Waals surface area (Å²) in [5, 5.41) is 13.2. The number of nitrogens with zero attached hydrogens (tertiary/aromatic N) is 5. The maximum Gasteiger partial charge on any atom is 0.243 e. The molecule has 1 aromatic carbocycles. The van der Waals surface area contributed by atoms with E-state index in [0.717, 1.165) is 25.1 Å². The average Bonchev–Trinajstić information content (AvgIpc) is 2.87. The molecule has 7 nitrogen and oxygen atoms in total. The summed E-state index contributed by atoms with van der Waals surface area (Å²) >= 11 is 0. The number of benzene rings is 1. The minimum atomic E-state index is -3.57. The van der Waals surface area contributed by atoms with Crippen LogP contribution in [-0.4, -0.2) is 53.6 Å². The van der Waals surface area contributed by atoms with Gasteiger partial charge in [-0.2, -0.15) is 14.7 Å². The number of rotatable bonds is 4. The lowest BCUT2D eigenvalue weighted by Crippen LogP contribution is -2.35. The van der Waals surface area contributed by atoms with E-state index in [2.05, 4.69) is 10.00 Å². The number of aryl methyl sites for hydroxylation is 1. The van der Waals surface area contributed by atoms with Gasteiger partial charge >= 0.3 is 0 Å². The van der Waals surface area contributed by atoms with Crippen molar-refractivity contribution in [2.45, 2.75) is 17.9 Å². The zero-order valence-electron chi connectivity index (χ0n) is 14.2. The van der Waals surface area contributed by atoms with Gasteiger partial charge in [0.25, 0.3) is 0 Å². The SMILES string of the molecule is Cn1cc(CN2CCCN(S(=O)(=O)c3cccc(C#N)c3)CC2)cn1. The third-order valence-electron chi connectivity index (χ3n) is 4.31. The standard InChI is InChI=1S/C17H21N5O2S/c1-20-13-16(12-19-20)14-21-6-3-7-22(9-8-21)25(23,24)17-5-2-4-15(10-17)11-18/h2,4-5,10,12-13H,3,6-9,14H2,1H3. The highest BCUT2D eigenvalue weighted by atomic mass is 32.2. The van der Waals surface area contributed by atoms with Gasteiger partial charge in [-0.1, -0.05) is 6.07 Å². The van der Waals surface area contributed by atoms with Gasteiger partial charge in [-0.25, -0.2) is 8.42 Å². The van der Waals surface area contributed by atoms with Crippen LogP contribution in [-0.2, 0) is 23.6 Å². The summed E-state index contributed by atoms with van der Waals surface area (Å²) in [6, 6.07) is 8.20. The van der Waals surface area contributed by atoms with E-state index in [1.54, 1.807) is 22.9 Å². The highest BCUT2D eigenvalue weighted by Crippen LogP contribution is 2.19. The molecule has 2 heterocycles. The smallest absolute Gasteiger partial charge is 0.243 e. The fourth-order valence-corrected chi connectivity index (χ4v) is 4.55. The second kappa shape index (κ2) is 7.35. The molecular weight excluding hydrogens is 338 g/mol. The van der Waals surface area contributed by atoms with Crippen molar-refractivity contribution in [2.75, 3.05) is 26.2 Å². The van der Waals surface area contributed by atoms with Crippen LogP contribution >= 0.6 is 0 Å². The lowest BCUT2D eigenvalue weighted by atomic mass is 10.2. The minimum absolute atomic E-state index is 0.187. The average molecular weight is 359 g/mol. The Bertz CT molecular complexity index is 884. The molecule has 1 aliphatic rings. The third kappa shape index (κ3) is 4.07. The van der Waals surface area contributed by atoms with Crippen LogP contribution in [0.15, 0.2) is 41.6 Å². The van der Waals surface area contributed by atoms with Gasteiger partial charge in [0.05, 0.1) is 22.7 Å². The normalized spacial score (nSPS) is 17.1. The zero-order chi connectivity index (χ0) is 17.9. The Hall–Kier alpha value is -2.21. The van der Waals surface area contributed by atoms with Crippen LogP contribution < -0.4 is 0 Å². The highest BCUT2D eigenvalue weighted by molar-refractivity contribution is 7.89. The van der Waals surface area contributed by atoms with E-state index in [1.165, 1.54) is 10.4 Å². The van der Waals surface area contributed by atoms with Crippen molar-refractivity contribution in [3.05, 3.63) is 47.8 Å². The van der Waals surface area contributed by atoms with Crippen molar-refractivity contribution in [1.29, 1.82) is 5.26 Å². The monoisotopic (exact) mass is 359 g/mol. The van der Waals surface area contributed by atoms with Crippen molar-refractivity contribution in [3.8, 4) is 6.07 Å². The molecule has 0 N–H and O–H groups in total. The summed E-state index contributed by atoms with van der Waals surface area (Å²) < 4.78 is 29.0. The molecule has 1 aliphatic heterocycles. The Balaban J connectivity index is 1.70. The molecule has 0 radical (unpaired) electrons. The number of nitriles is 1. The summed E-state index contributed by atoms with van der Waals surface area (Å²) in [6.45, 7) is 3.22. The molecular formula is C17H21N5O2S. The van der Waals surface area contributed by atoms with E-state index in [-0.39, 0.29) is 4.90 Å². The minimum Gasteiger partial charge on any atom is -0.298 e. The number of hydrogen-bond acceptors (Lipinski definition) is 5. The molecule has 0 bridgehead atoms. The van der Waals surface area contributed by atoms with Crippen molar-refractivity contribution < 1.29 is 8.42 Å². The van der Waals surface area contributed by atoms with Crippen molar-refractivity contribution >= 4 is 10.0 Å². The second-order valence-corrected chi connectivity index (χ2v) is 8.13. The Labute approximate surface area is 148 Å². The summed E-state index contributed by atoms with van der Waals surface area (Å²) in [7, 11) is -1.69. The number of aromatic nitrogens is 2. The Kier molecular flexibility index (Phi) is 5.18. The Morgan fingerprint density at radius 3 is 2.80 bits per heavy atom. The van der Waals surface area contributed by atoms with Crippen LogP contribution in [0.25, 0.3) is 0 Å². The lowest BCUT2D eigenvalue weighted by Gasteiger charge is -2.21. The van der Waals surface area contributed by atoms with Gasteiger partial charge in [0.2, 0.25) is 10.0 Å². The molecule has 8 heteroatoms. The molecule has 25 heavy (non-hydrogen) atoms. The molecule has 1 fully saturated rings. The maximum atomic E-state index is 12.9. The molecule has 132 valence electrons. The lowest BCUT2D eigenvalue weighted by molar-refractivity contribution is 0.278. The fraction of sp³-hybridized carbons (Fsp3) is 0.412. The number of sulfonamides is 1. The topological polar surface area (TPSA) is 82.2 Å². The summed E-state index contributed by atoms with van der Waals surface area (Å²) in [4.78, 5) is 2.44. The van der Waals surface area contributed by atoms with E-state index < -0.39 is 10.0 Å². The molecule has 3 rings (SSSR count). The van der Waals surface area contributed by atoms with Crippen LogP contribution in [0.5, 0.6) is 0 Å². The molecule has 0 unspecified atom stereocenters. The first kappa shape index (κ1) is 17.6. The second-order valence-electron chi connectivity index (χ2n) is 6.20. The maximum absolute atomic E-state index is 12.9. The first-order chi connectivity index (χ1) is 12.0. The van der Waals surface area contributed by atoms with E-state index in [0.29, 0.717) is 25.2 Å². The number of hydrogen-bond donors (Lipinski definition) is 0. The third-order valence-corrected chi connectivity index (χ3v) is 6.21. The van der Waals surface area contributed by atoms with Crippen LogP contribution in [0.2, 0.25) is 0 Å². The van der Waals surface area contributed by atoms with Gasteiger partial charge in [0.1, 0.15) is 0 Å². The predicted molar refractivity (Wildman–Crippen MR) is 93.0 cm³/mol. The van der Waals surface area contributed by atoms with Crippen LogP contribution in [0.3, 0.4) is 0 Å². The molecule has 1 aromatic heterocycles. The van der Waals surface area contributed by atoms with Gasteiger partial charge in [-0.05, 0) is 31.2 Å². The molecule has 0 atom stereocenters. The Morgan fingerprint density at radius 1 is 1.24 bits per heavy atom. The predicted octanol–water partition coefficient (Wildman–Crippen LogP) is 1.19. The molecule has 0 spiro atoms. The van der Waals surface area contributed by atoms with Crippen LogP contribution in [0.1, 0.15) is 17.5 Å². The molecule has 0 amide bonds. The molecule has 1 saturated heterocycles. The van der Waals surface area contributed by atoms with Crippen LogP contribution in [0, 0.1) is 11.3 Å². The fourth-order valence-electron chi connectivity index (χ4n) is 3.03. The molecule has 0 saturated carbocycles. The van der Waals surface area contributed by atoms with Gasteiger partial charge in [0, 0.05) is 45.0 Å². The summed E-state index contributed by atoms with van der Waals surface area (Å²) in [5.41, 5.74) is 1.48. The first-order valence-corrected chi connectivity index (χ1v) is 9.63. The van der Waals surface area contributed by atoms with E-state index in [4.69, 9.17) is 5.26 Å². The zero-order valence-corrected chi connectivity index (χ0v) is 15.0. The largest absolute Gasteiger partial charge is 0.298 e. The summed E-state index contributed by atoms with van der Waals surface area (Å²) in [6.07, 6.45) is 4.59. The van der Waals surface area contributed by atoms with Gasteiger partial charge in [-0.15, -0.1) is 0 Å². The van der Waals surface area contributed by atoms with E-state index >= 15 is 0 Å². The van der Waals surface area contributed by atoms with Gasteiger partial charge in [0.15, 0.2) is 0 Å². The molecule has 2 aromatic rings. The van der Waals surface area contributed by atoms with E-state index in [1.807, 2.05) is 25.5 Å². The van der Waals surface area contributed by atoms with Crippen molar-refractivity contribution in [2.24, 2.45) is 7.05 Å². The van der Waals surface area contributed by atoms with Crippen molar-refractivity contribution in [1.82, 2.24) is 19.0 Å². The summed E-state index contributed by atoms with van der Waals surface area (Å²) in [5.74, 6) is 0. The first-order valence-electron chi connectivity index (χ1n) is 8.19. The van der Waals surface area contributed by atoms with Gasteiger partial charge in [-0.3, -0.25) is 9.58 Å². The van der Waals surface area contributed by atoms with Crippen LogP contribution in [0.4, 0.5) is 0 Å². The molecule has 0 aliphatic carbocycles. The Morgan fingerprint density at radius 2 is 2.08 bits per heavy atom.